The lowest BCUT2D eigenvalue weighted by atomic mass is 10.0. The van der Waals surface area contributed by atoms with Crippen LogP contribution < -0.4 is 15.1 Å². The fourth-order valence-electron chi connectivity index (χ4n) is 4.82. The van der Waals surface area contributed by atoms with Gasteiger partial charge < -0.3 is 10.1 Å². The van der Waals surface area contributed by atoms with Gasteiger partial charge in [-0.05, 0) is 48.0 Å². The number of carbonyl (C=O) groups is 1. The summed E-state index contributed by atoms with van der Waals surface area (Å²) in [5.74, 6) is -0.486. The number of halogens is 5. The van der Waals surface area contributed by atoms with E-state index in [1.165, 1.54) is 12.1 Å². The van der Waals surface area contributed by atoms with E-state index in [2.05, 4.69) is 25.7 Å². The number of nitrogens with zero attached hydrogens (tertiary/aromatic N) is 6. The smallest absolute Gasteiger partial charge is 0.434 e. The molecule has 0 atom stereocenters. The Morgan fingerprint density at radius 2 is 1.79 bits per heavy atom. The van der Waals surface area contributed by atoms with Crippen LogP contribution in [0.15, 0.2) is 89.5 Å². The van der Waals surface area contributed by atoms with Crippen molar-refractivity contribution in [3.63, 3.8) is 0 Å². The monoisotopic (exact) mass is 593 g/mol. The number of alkyl halides is 5. The van der Waals surface area contributed by atoms with Crippen LogP contribution in [0.2, 0.25) is 0 Å². The number of aromatic nitrogens is 3. The standard InChI is InChI=1S/C29H20F5N7O2/c1-43-18-7-5-16(6-8-18)15-40-24-10-9-23(19-3-2-4-21(25(19)24)38-39-40)41-26(29(32,33)34)20(14-36-41)28(42)37-17-11-12-35-22(13-17)27(30)31/h2-14,27H,15H2,1H3,(H,35,37,42). The molecule has 43 heavy (non-hydrogen) atoms. The third-order valence-corrected chi connectivity index (χ3v) is 6.78. The van der Waals surface area contributed by atoms with Crippen LogP contribution in [0, 0.1) is 0 Å². The molecular formula is C29H20F5N7O2. The number of nitrogens with one attached hydrogen (secondary N) is 1. The number of ether oxygens (including phenoxy) is 1. The maximum atomic E-state index is 14.5. The average Bonchev–Trinajstić information content (AvgIpc) is 3.45. The molecule has 0 unspecified atom stereocenters. The Balaban J connectivity index is 1.40. The molecule has 0 bridgehead atoms. The average molecular weight is 594 g/mol. The minimum Gasteiger partial charge on any atom is -0.497 e. The number of anilines is 2. The molecule has 6 rings (SSSR count). The van der Waals surface area contributed by atoms with Gasteiger partial charge in [0.05, 0.1) is 42.5 Å². The molecule has 0 saturated carbocycles. The van der Waals surface area contributed by atoms with E-state index >= 15 is 0 Å². The summed E-state index contributed by atoms with van der Waals surface area (Å²) in [4.78, 5) is 16.5. The van der Waals surface area contributed by atoms with Crippen molar-refractivity contribution in [3.8, 4) is 11.4 Å². The second-order valence-corrected chi connectivity index (χ2v) is 9.44. The minimum absolute atomic E-state index is 0.0531. The van der Waals surface area contributed by atoms with Crippen molar-refractivity contribution in [2.75, 3.05) is 17.4 Å². The first kappa shape index (κ1) is 27.8. The highest BCUT2D eigenvalue weighted by Gasteiger charge is 2.41. The molecule has 0 aliphatic carbocycles. The molecule has 5 aromatic rings. The molecule has 218 valence electrons. The van der Waals surface area contributed by atoms with E-state index < -0.39 is 35.5 Å². The Labute approximate surface area is 240 Å². The van der Waals surface area contributed by atoms with E-state index in [0.29, 0.717) is 39.1 Å². The van der Waals surface area contributed by atoms with Gasteiger partial charge in [-0.2, -0.15) is 18.3 Å². The van der Waals surface area contributed by atoms with Gasteiger partial charge in [-0.3, -0.25) is 9.78 Å². The van der Waals surface area contributed by atoms with Crippen molar-refractivity contribution in [3.05, 3.63) is 102 Å². The first-order chi connectivity index (χ1) is 20.6. The number of amides is 1. The number of pyridine rings is 1. The lowest BCUT2D eigenvalue weighted by Crippen LogP contribution is -2.21. The first-order valence-corrected chi connectivity index (χ1v) is 12.7. The van der Waals surface area contributed by atoms with E-state index in [4.69, 9.17) is 4.74 Å². The molecular weight excluding hydrogens is 573 g/mol. The summed E-state index contributed by atoms with van der Waals surface area (Å²) in [6.07, 6.45) is -6.12. The van der Waals surface area contributed by atoms with Gasteiger partial charge in [0.1, 0.15) is 11.4 Å². The third-order valence-electron chi connectivity index (χ3n) is 6.78. The predicted octanol–water partition coefficient (Wildman–Crippen LogP) is 7.66. The molecule has 3 heterocycles. The highest BCUT2D eigenvalue weighted by Crippen LogP contribution is 2.43. The van der Waals surface area contributed by atoms with Gasteiger partial charge >= 0.3 is 6.18 Å². The van der Waals surface area contributed by atoms with Crippen LogP contribution in [-0.4, -0.2) is 27.8 Å². The Bertz CT molecular complexity index is 1870. The zero-order valence-electron chi connectivity index (χ0n) is 22.2. The molecule has 2 aromatic heterocycles. The number of benzene rings is 3. The van der Waals surface area contributed by atoms with E-state index in [-0.39, 0.29) is 11.4 Å². The quantitative estimate of drug-likeness (QED) is 0.196. The molecule has 1 aliphatic rings. The van der Waals surface area contributed by atoms with Gasteiger partial charge in [-0.25, -0.2) is 18.5 Å². The van der Waals surface area contributed by atoms with Crippen molar-refractivity contribution in [1.29, 1.82) is 0 Å². The van der Waals surface area contributed by atoms with Crippen LogP contribution in [0.25, 0.3) is 16.5 Å². The van der Waals surface area contributed by atoms with Gasteiger partial charge in [-0.1, -0.05) is 29.5 Å². The highest BCUT2D eigenvalue weighted by molar-refractivity contribution is 6.08. The van der Waals surface area contributed by atoms with Crippen molar-refractivity contribution in [1.82, 2.24) is 14.8 Å². The van der Waals surface area contributed by atoms with Crippen molar-refractivity contribution >= 4 is 33.7 Å². The molecule has 1 N–H and O–H groups in total. The zero-order chi connectivity index (χ0) is 30.3. The zero-order valence-corrected chi connectivity index (χ0v) is 22.2. The maximum Gasteiger partial charge on any atom is 0.434 e. The van der Waals surface area contributed by atoms with Crippen molar-refractivity contribution < 1.29 is 31.5 Å². The van der Waals surface area contributed by atoms with Gasteiger partial charge in [0.2, 0.25) is 0 Å². The summed E-state index contributed by atoms with van der Waals surface area (Å²) < 4.78 is 75.4. The van der Waals surface area contributed by atoms with Crippen molar-refractivity contribution in [2.24, 2.45) is 10.3 Å². The van der Waals surface area contributed by atoms with Crippen LogP contribution >= 0.6 is 0 Å². The van der Waals surface area contributed by atoms with Gasteiger partial charge in [0, 0.05) is 22.7 Å². The van der Waals surface area contributed by atoms with Crippen LogP contribution in [-0.2, 0) is 12.7 Å². The van der Waals surface area contributed by atoms with E-state index in [9.17, 15) is 26.7 Å². The Kier molecular flexibility index (Phi) is 6.96. The summed E-state index contributed by atoms with van der Waals surface area (Å²) in [5, 5.41) is 17.3. The number of rotatable bonds is 7. The molecule has 1 amide bonds. The summed E-state index contributed by atoms with van der Waals surface area (Å²) >= 11 is 0. The molecule has 0 saturated heterocycles. The lowest BCUT2D eigenvalue weighted by molar-refractivity contribution is -0.143. The fraction of sp³-hybridized carbons (Fsp3) is 0.138. The van der Waals surface area contributed by atoms with E-state index in [1.807, 2.05) is 12.1 Å². The molecule has 0 spiro atoms. The van der Waals surface area contributed by atoms with Crippen molar-refractivity contribution in [2.45, 2.75) is 19.1 Å². The number of hydrogen-bond acceptors (Lipinski definition) is 7. The SMILES string of the molecule is COc1ccc(CN2N=Nc3cccc4c(-n5ncc(C(=O)Nc6ccnc(C(F)F)c6)c5C(F)(F)F)ccc2c34)cc1. The predicted molar refractivity (Wildman–Crippen MR) is 147 cm³/mol. The van der Waals surface area contributed by atoms with Crippen LogP contribution in [0.5, 0.6) is 5.75 Å². The molecule has 3 aromatic carbocycles. The van der Waals surface area contributed by atoms with Crippen LogP contribution in [0.4, 0.5) is 39.0 Å². The molecule has 0 fully saturated rings. The van der Waals surface area contributed by atoms with E-state index in [0.717, 1.165) is 24.0 Å². The number of methoxy groups -OCH3 is 1. The second-order valence-electron chi connectivity index (χ2n) is 9.44. The fourth-order valence-corrected chi connectivity index (χ4v) is 4.82. The summed E-state index contributed by atoms with van der Waals surface area (Å²) in [7, 11) is 1.56. The Hall–Kier alpha value is -5.40. The van der Waals surface area contributed by atoms with E-state index in [1.54, 1.807) is 48.5 Å². The summed E-state index contributed by atoms with van der Waals surface area (Å²) in [6, 6.07) is 17.5. The van der Waals surface area contributed by atoms with Gasteiger partial charge in [-0.15, -0.1) is 5.11 Å². The normalized spacial score (nSPS) is 12.7. The van der Waals surface area contributed by atoms with Gasteiger partial charge in [0.15, 0.2) is 5.69 Å². The Morgan fingerprint density at radius 3 is 2.51 bits per heavy atom. The van der Waals surface area contributed by atoms with Gasteiger partial charge in [0.25, 0.3) is 12.3 Å². The summed E-state index contributed by atoms with van der Waals surface area (Å²) in [5.41, 5.74) is -0.874. The first-order valence-electron chi connectivity index (χ1n) is 12.7. The molecule has 1 aliphatic heterocycles. The Morgan fingerprint density at radius 1 is 1.02 bits per heavy atom. The second kappa shape index (κ2) is 10.8. The molecule has 9 nitrogen and oxygen atoms in total. The number of hydrogen-bond donors (Lipinski definition) is 1. The molecule has 0 radical (unpaired) electrons. The highest BCUT2D eigenvalue weighted by atomic mass is 19.4. The summed E-state index contributed by atoms with van der Waals surface area (Å²) in [6.45, 7) is 0.332. The minimum atomic E-state index is -5.00. The number of carbonyl (C=O) groups excluding carboxylic acids is 1. The van der Waals surface area contributed by atoms with Crippen LogP contribution in [0.1, 0.15) is 33.7 Å². The largest absolute Gasteiger partial charge is 0.497 e. The maximum absolute atomic E-state index is 14.5. The van der Waals surface area contributed by atoms with Crippen LogP contribution in [0.3, 0.4) is 0 Å². The molecule has 14 heteroatoms. The third kappa shape index (κ3) is 5.22. The lowest BCUT2D eigenvalue weighted by Gasteiger charge is -2.25. The topological polar surface area (TPSA) is 97.0 Å².